The highest BCUT2D eigenvalue weighted by molar-refractivity contribution is 8.00. The van der Waals surface area contributed by atoms with Gasteiger partial charge in [-0.1, -0.05) is 6.42 Å². The molecule has 0 heterocycles. The molecule has 0 bridgehead atoms. The van der Waals surface area contributed by atoms with E-state index in [1.54, 1.807) is 24.9 Å². The molecule has 2 rings (SSSR count). The molecule has 1 aromatic carbocycles. The van der Waals surface area contributed by atoms with Crippen LogP contribution in [0.3, 0.4) is 0 Å². The fourth-order valence-corrected chi connectivity index (χ4v) is 3.31. The van der Waals surface area contributed by atoms with Crippen LogP contribution in [-0.4, -0.2) is 35.4 Å². The lowest BCUT2D eigenvalue weighted by Gasteiger charge is -2.40. The Morgan fingerprint density at radius 3 is 2.67 bits per heavy atom. The first kappa shape index (κ1) is 15.6. The van der Waals surface area contributed by atoms with Crippen LogP contribution in [0.15, 0.2) is 18.2 Å². The molecule has 0 radical (unpaired) electrons. The summed E-state index contributed by atoms with van der Waals surface area (Å²) in [5.41, 5.74) is 0.606. The van der Waals surface area contributed by atoms with Crippen LogP contribution in [0.4, 0.5) is 11.4 Å². The molecule has 0 unspecified atom stereocenters. The summed E-state index contributed by atoms with van der Waals surface area (Å²) >= 11 is 1.75. The Morgan fingerprint density at radius 2 is 2.19 bits per heavy atom. The Hall–Kier alpha value is -1.76. The van der Waals surface area contributed by atoms with Gasteiger partial charge in [0.15, 0.2) is 0 Å². The summed E-state index contributed by atoms with van der Waals surface area (Å²) in [5, 5.41) is 16.8. The zero-order chi connectivity index (χ0) is 15.5. The molecule has 1 fully saturated rings. The summed E-state index contributed by atoms with van der Waals surface area (Å²) in [7, 11) is 1.71. The third-order valence-electron chi connectivity index (χ3n) is 4.00. The van der Waals surface area contributed by atoms with Crippen LogP contribution in [0.5, 0.6) is 0 Å². The zero-order valence-electron chi connectivity index (χ0n) is 12.1. The summed E-state index contributed by atoms with van der Waals surface area (Å²) in [6.07, 6.45) is 5.36. The minimum absolute atomic E-state index is 0.0995. The van der Waals surface area contributed by atoms with Gasteiger partial charge in [0.05, 0.1) is 4.92 Å². The second kappa shape index (κ2) is 6.34. The number of amides is 1. The van der Waals surface area contributed by atoms with Gasteiger partial charge in [-0.25, -0.2) is 0 Å². The first-order chi connectivity index (χ1) is 10.0. The summed E-state index contributed by atoms with van der Waals surface area (Å²) < 4.78 is 0.102. The van der Waals surface area contributed by atoms with Gasteiger partial charge in [0.25, 0.3) is 11.6 Å². The Labute approximate surface area is 127 Å². The van der Waals surface area contributed by atoms with E-state index in [1.165, 1.54) is 18.6 Å². The summed E-state index contributed by atoms with van der Waals surface area (Å²) in [6.45, 7) is 0.550. The van der Waals surface area contributed by atoms with E-state index in [2.05, 4.69) is 10.6 Å². The number of nitro benzene ring substituents is 1. The molecule has 0 spiro atoms. The van der Waals surface area contributed by atoms with Crippen LogP contribution < -0.4 is 10.6 Å². The number of nitrogens with zero attached hydrogens (tertiary/aromatic N) is 1. The predicted octanol–water partition coefficient (Wildman–Crippen LogP) is 2.65. The SMILES string of the molecule is CNc1ccc([N+](=O)[O-])c(C(=O)NCC2(SC)CCC2)c1. The second-order valence-corrected chi connectivity index (χ2v) is 6.44. The number of anilines is 1. The predicted molar refractivity (Wildman–Crippen MR) is 85.1 cm³/mol. The lowest BCUT2D eigenvalue weighted by Crippen LogP contribution is -2.45. The molecular weight excluding hydrogens is 290 g/mol. The number of hydrogen-bond donors (Lipinski definition) is 2. The molecule has 7 heteroatoms. The number of nitrogens with one attached hydrogen (secondary N) is 2. The molecule has 2 N–H and O–H groups in total. The standard InChI is InChI=1S/C14H19N3O3S/c1-15-10-4-5-12(17(19)20)11(8-10)13(18)16-9-14(21-2)6-3-7-14/h4-5,8,15H,3,6-7,9H2,1-2H3,(H,16,18). The van der Waals surface area contributed by atoms with Gasteiger partial charge >= 0.3 is 0 Å². The number of rotatable bonds is 6. The van der Waals surface area contributed by atoms with Crippen molar-refractivity contribution in [2.75, 3.05) is 25.2 Å². The smallest absolute Gasteiger partial charge is 0.282 e. The van der Waals surface area contributed by atoms with E-state index in [0.29, 0.717) is 12.2 Å². The highest BCUT2D eigenvalue weighted by Gasteiger charge is 2.36. The minimum atomic E-state index is -0.526. The highest BCUT2D eigenvalue weighted by Crippen LogP contribution is 2.42. The first-order valence-corrected chi connectivity index (χ1v) is 8.03. The maximum absolute atomic E-state index is 12.3. The fraction of sp³-hybridized carbons (Fsp3) is 0.500. The van der Waals surface area contributed by atoms with Crippen LogP contribution >= 0.6 is 11.8 Å². The van der Waals surface area contributed by atoms with Crippen molar-refractivity contribution >= 4 is 29.0 Å². The molecule has 1 aliphatic carbocycles. The van der Waals surface area contributed by atoms with E-state index in [-0.39, 0.29) is 21.9 Å². The molecule has 6 nitrogen and oxygen atoms in total. The molecular formula is C14H19N3O3S. The molecule has 1 aliphatic rings. The maximum atomic E-state index is 12.3. The molecule has 0 atom stereocenters. The monoisotopic (exact) mass is 309 g/mol. The quantitative estimate of drug-likeness (QED) is 0.623. The average Bonchev–Trinajstić information content (AvgIpc) is 2.45. The number of hydrogen-bond acceptors (Lipinski definition) is 5. The van der Waals surface area contributed by atoms with Crippen molar-refractivity contribution in [3.63, 3.8) is 0 Å². The van der Waals surface area contributed by atoms with Gasteiger partial charge in [-0.15, -0.1) is 0 Å². The molecule has 21 heavy (non-hydrogen) atoms. The van der Waals surface area contributed by atoms with Crippen LogP contribution in [0.25, 0.3) is 0 Å². The number of carbonyl (C=O) groups is 1. The van der Waals surface area contributed by atoms with Gasteiger partial charge < -0.3 is 10.6 Å². The summed E-state index contributed by atoms with van der Waals surface area (Å²) in [6, 6.07) is 4.46. The van der Waals surface area contributed by atoms with Gasteiger partial charge in [0.1, 0.15) is 5.56 Å². The second-order valence-electron chi connectivity index (χ2n) is 5.16. The number of benzene rings is 1. The van der Waals surface area contributed by atoms with E-state index >= 15 is 0 Å². The van der Waals surface area contributed by atoms with Crippen LogP contribution in [0.1, 0.15) is 29.6 Å². The number of carbonyl (C=O) groups excluding carboxylic acids is 1. The van der Waals surface area contributed by atoms with E-state index in [9.17, 15) is 14.9 Å². The topological polar surface area (TPSA) is 84.3 Å². The largest absolute Gasteiger partial charge is 0.388 e. The van der Waals surface area contributed by atoms with Crippen molar-refractivity contribution < 1.29 is 9.72 Å². The van der Waals surface area contributed by atoms with Crippen LogP contribution in [-0.2, 0) is 0 Å². The van der Waals surface area contributed by atoms with Gasteiger partial charge in [0, 0.05) is 30.1 Å². The third kappa shape index (κ3) is 3.29. The van der Waals surface area contributed by atoms with E-state index < -0.39 is 4.92 Å². The van der Waals surface area contributed by atoms with E-state index in [0.717, 1.165) is 12.8 Å². The molecule has 0 aliphatic heterocycles. The van der Waals surface area contributed by atoms with Gasteiger partial charge in [-0.2, -0.15) is 11.8 Å². The fourth-order valence-electron chi connectivity index (χ4n) is 2.39. The number of nitro groups is 1. The molecule has 1 amide bonds. The molecule has 0 saturated heterocycles. The van der Waals surface area contributed by atoms with Crippen LogP contribution in [0, 0.1) is 10.1 Å². The Kier molecular flexibility index (Phi) is 4.72. The molecule has 0 aromatic heterocycles. The minimum Gasteiger partial charge on any atom is -0.388 e. The molecule has 1 saturated carbocycles. The van der Waals surface area contributed by atoms with Crippen molar-refractivity contribution in [3.8, 4) is 0 Å². The normalized spacial score (nSPS) is 15.9. The lowest BCUT2D eigenvalue weighted by atomic mass is 9.84. The third-order valence-corrected chi connectivity index (χ3v) is 5.41. The van der Waals surface area contributed by atoms with Crippen molar-refractivity contribution in [1.82, 2.24) is 5.32 Å². The van der Waals surface area contributed by atoms with E-state index in [4.69, 9.17) is 0 Å². The number of thioether (sulfide) groups is 1. The van der Waals surface area contributed by atoms with E-state index in [1.807, 2.05) is 6.26 Å². The van der Waals surface area contributed by atoms with Crippen molar-refractivity contribution in [2.45, 2.75) is 24.0 Å². The van der Waals surface area contributed by atoms with Crippen molar-refractivity contribution in [2.24, 2.45) is 0 Å². The zero-order valence-corrected chi connectivity index (χ0v) is 13.0. The van der Waals surface area contributed by atoms with Crippen molar-refractivity contribution in [3.05, 3.63) is 33.9 Å². The Balaban J connectivity index is 2.15. The maximum Gasteiger partial charge on any atom is 0.282 e. The summed E-state index contributed by atoms with van der Waals surface area (Å²) in [5.74, 6) is -0.390. The average molecular weight is 309 g/mol. The molecule has 1 aromatic rings. The molecule has 114 valence electrons. The van der Waals surface area contributed by atoms with Gasteiger partial charge in [-0.05, 0) is 31.2 Å². The van der Waals surface area contributed by atoms with Crippen molar-refractivity contribution in [1.29, 1.82) is 0 Å². The van der Waals surface area contributed by atoms with Gasteiger partial charge in [0.2, 0.25) is 0 Å². The van der Waals surface area contributed by atoms with Gasteiger partial charge in [-0.3, -0.25) is 14.9 Å². The van der Waals surface area contributed by atoms with Crippen LogP contribution in [0.2, 0.25) is 0 Å². The first-order valence-electron chi connectivity index (χ1n) is 6.81. The Bertz CT molecular complexity index is 553. The highest BCUT2D eigenvalue weighted by atomic mass is 32.2. The lowest BCUT2D eigenvalue weighted by molar-refractivity contribution is -0.385. The Morgan fingerprint density at radius 1 is 1.48 bits per heavy atom. The summed E-state index contributed by atoms with van der Waals surface area (Å²) in [4.78, 5) is 22.8.